The zero-order valence-electron chi connectivity index (χ0n) is 10.1. The smallest absolute Gasteiger partial charge is 0.326 e. The SMILES string of the molecule is C=CCNC1(C(=O)OC)CCC(OC)CC1. The molecule has 0 bridgehead atoms. The highest BCUT2D eigenvalue weighted by atomic mass is 16.5. The van der Waals surface area contributed by atoms with Crippen molar-refractivity contribution in [2.75, 3.05) is 20.8 Å². The van der Waals surface area contributed by atoms with E-state index in [1.165, 1.54) is 7.11 Å². The Morgan fingerprint density at radius 3 is 2.56 bits per heavy atom. The summed E-state index contributed by atoms with van der Waals surface area (Å²) in [7, 11) is 3.15. The van der Waals surface area contributed by atoms with Crippen LogP contribution in [0.4, 0.5) is 0 Å². The van der Waals surface area contributed by atoms with Crippen LogP contribution in [-0.2, 0) is 14.3 Å². The fourth-order valence-corrected chi connectivity index (χ4v) is 2.24. The summed E-state index contributed by atoms with van der Waals surface area (Å²) in [5.41, 5.74) is -0.544. The second-order valence-corrected chi connectivity index (χ2v) is 4.18. The van der Waals surface area contributed by atoms with Crippen LogP contribution in [0, 0.1) is 0 Å². The first-order valence-electron chi connectivity index (χ1n) is 5.65. The molecule has 0 aromatic carbocycles. The Labute approximate surface area is 97.0 Å². The van der Waals surface area contributed by atoms with Crippen molar-refractivity contribution in [1.82, 2.24) is 5.32 Å². The van der Waals surface area contributed by atoms with E-state index < -0.39 is 5.54 Å². The summed E-state index contributed by atoms with van der Waals surface area (Å²) in [6.07, 6.45) is 5.31. The molecule has 1 saturated carbocycles. The monoisotopic (exact) mass is 227 g/mol. The maximum absolute atomic E-state index is 11.8. The minimum absolute atomic E-state index is 0.177. The molecule has 0 aliphatic heterocycles. The first kappa shape index (κ1) is 13.2. The second-order valence-electron chi connectivity index (χ2n) is 4.18. The lowest BCUT2D eigenvalue weighted by atomic mass is 9.80. The molecule has 0 saturated heterocycles. The summed E-state index contributed by atoms with van der Waals surface area (Å²) in [4.78, 5) is 11.8. The molecule has 1 aliphatic rings. The molecule has 0 atom stereocenters. The van der Waals surface area contributed by atoms with E-state index in [9.17, 15) is 4.79 Å². The fraction of sp³-hybridized carbons (Fsp3) is 0.750. The average molecular weight is 227 g/mol. The first-order chi connectivity index (χ1) is 7.68. The Kier molecular flexibility index (Phi) is 4.96. The number of ether oxygens (including phenoxy) is 2. The summed E-state index contributed by atoms with van der Waals surface area (Å²) in [6, 6.07) is 0. The van der Waals surface area contributed by atoms with E-state index in [4.69, 9.17) is 9.47 Å². The molecule has 16 heavy (non-hydrogen) atoms. The van der Waals surface area contributed by atoms with Gasteiger partial charge in [0.05, 0.1) is 13.2 Å². The molecular formula is C12H21NO3. The Bertz CT molecular complexity index is 245. The van der Waals surface area contributed by atoms with E-state index in [2.05, 4.69) is 11.9 Å². The number of nitrogens with one attached hydrogen (secondary N) is 1. The summed E-state index contributed by atoms with van der Waals surface area (Å²) in [5, 5.41) is 3.23. The number of hydrogen-bond donors (Lipinski definition) is 1. The number of methoxy groups -OCH3 is 2. The lowest BCUT2D eigenvalue weighted by molar-refractivity contribution is -0.151. The van der Waals surface area contributed by atoms with E-state index in [1.54, 1.807) is 13.2 Å². The fourth-order valence-electron chi connectivity index (χ4n) is 2.24. The highest BCUT2D eigenvalue weighted by Crippen LogP contribution is 2.30. The van der Waals surface area contributed by atoms with Gasteiger partial charge in [0.1, 0.15) is 5.54 Å². The minimum Gasteiger partial charge on any atom is -0.468 e. The van der Waals surface area contributed by atoms with Crippen LogP contribution in [0.3, 0.4) is 0 Å². The Hall–Kier alpha value is -0.870. The van der Waals surface area contributed by atoms with Crippen LogP contribution in [0.1, 0.15) is 25.7 Å². The normalized spacial score (nSPS) is 29.8. The molecule has 1 rings (SSSR count). The highest BCUT2D eigenvalue weighted by Gasteiger charge is 2.42. The molecule has 0 spiro atoms. The van der Waals surface area contributed by atoms with E-state index in [-0.39, 0.29) is 12.1 Å². The minimum atomic E-state index is -0.544. The molecule has 0 aromatic heterocycles. The number of carbonyl (C=O) groups is 1. The quantitative estimate of drug-likeness (QED) is 0.567. The van der Waals surface area contributed by atoms with Crippen molar-refractivity contribution in [2.24, 2.45) is 0 Å². The van der Waals surface area contributed by atoms with Crippen LogP contribution in [0.5, 0.6) is 0 Å². The molecule has 0 radical (unpaired) electrons. The average Bonchev–Trinajstić information content (AvgIpc) is 2.36. The van der Waals surface area contributed by atoms with E-state index >= 15 is 0 Å². The van der Waals surface area contributed by atoms with Crippen molar-refractivity contribution in [3.63, 3.8) is 0 Å². The van der Waals surface area contributed by atoms with Gasteiger partial charge in [0.25, 0.3) is 0 Å². The van der Waals surface area contributed by atoms with Crippen LogP contribution >= 0.6 is 0 Å². The Morgan fingerprint density at radius 2 is 2.12 bits per heavy atom. The lowest BCUT2D eigenvalue weighted by Crippen LogP contribution is -2.55. The van der Waals surface area contributed by atoms with Gasteiger partial charge < -0.3 is 9.47 Å². The van der Waals surface area contributed by atoms with Gasteiger partial charge >= 0.3 is 5.97 Å². The summed E-state index contributed by atoms with van der Waals surface area (Å²) in [5.74, 6) is -0.177. The van der Waals surface area contributed by atoms with Gasteiger partial charge in [0.15, 0.2) is 0 Å². The van der Waals surface area contributed by atoms with Gasteiger partial charge in [-0.2, -0.15) is 0 Å². The molecule has 1 fully saturated rings. The van der Waals surface area contributed by atoms with Gasteiger partial charge in [-0.1, -0.05) is 6.08 Å². The summed E-state index contributed by atoms with van der Waals surface area (Å²) in [6.45, 7) is 4.27. The van der Waals surface area contributed by atoms with Crippen LogP contribution in [0.15, 0.2) is 12.7 Å². The molecule has 0 heterocycles. The van der Waals surface area contributed by atoms with Crippen LogP contribution in [0.25, 0.3) is 0 Å². The van der Waals surface area contributed by atoms with Crippen molar-refractivity contribution in [2.45, 2.75) is 37.3 Å². The summed E-state index contributed by atoms with van der Waals surface area (Å²) >= 11 is 0. The number of hydrogen-bond acceptors (Lipinski definition) is 4. The van der Waals surface area contributed by atoms with Crippen molar-refractivity contribution in [3.05, 3.63) is 12.7 Å². The van der Waals surface area contributed by atoms with Crippen molar-refractivity contribution < 1.29 is 14.3 Å². The van der Waals surface area contributed by atoms with Crippen LogP contribution < -0.4 is 5.32 Å². The molecule has 1 aliphatic carbocycles. The van der Waals surface area contributed by atoms with E-state index in [1.807, 2.05) is 0 Å². The highest BCUT2D eigenvalue weighted by molar-refractivity contribution is 5.81. The second kappa shape index (κ2) is 6.01. The zero-order chi connectivity index (χ0) is 12.0. The molecule has 0 aromatic rings. The lowest BCUT2D eigenvalue weighted by Gasteiger charge is -2.37. The van der Waals surface area contributed by atoms with Crippen LogP contribution in [0.2, 0.25) is 0 Å². The molecule has 1 N–H and O–H groups in total. The molecule has 0 amide bonds. The maximum atomic E-state index is 11.8. The Morgan fingerprint density at radius 1 is 1.50 bits per heavy atom. The maximum Gasteiger partial charge on any atom is 0.326 e. The third-order valence-corrected chi connectivity index (χ3v) is 3.28. The molecule has 4 heteroatoms. The van der Waals surface area contributed by atoms with Crippen molar-refractivity contribution in [3.8, 4) is 0 Å². The van der Waals surface area contributed by atoms with E-state index in [0.29, 0.717) is 6.54 Å². The molecule has 4 nitrogen and oxygen atoms in total. The third kappa shape index (κ3) is 2.83. The van der Waals surface area contributed by atoms with Gasteiger partial charge in [-0.3, -0.25) is 10.1 Å². The molecule has 92 valence electrons. The standard InChI is InChI=1S/C12H21NO3/c1-4-9-13-12(11(14)16-3)7-5-10(15-2)6-8-12/h4,10,13H,1,5-9H2,2-3H3. The van der Waals surface area contributed by atoms with Gasteiger partial charge in [0.2, 0.25) is 0 Å². The molecular weight excluding hydrogens is 206 g/mol. The third-order valence-electron chi connectivity index (χ3n) is 3.28. The largest absolute Gasteiger partial charge is 0.468 e. The number of esters is 1. The number of rotatable bonds is 5. The zero-order valence-corrected chi connectivity index (χ0v) is 10.1. The number of carbonyl (C=O) groups excluding carboxylic acids is 1. The van der Waals surface area contributed by atoms with Gasteiger partial charge in [-0.15, -0.1) is 6.58 Å². The van der Waals surface area contributed by atoms with E-state index in [0.717, 1.165) is 25.7 Å². The van der Waals surface area contributed by atoms with Crippen molar-refractivity contribution in [1.29, 1.82) is 0 Å². The van der Waals surface area contributed by atoms with Gasteiger partial charge in [-0.25, -0.2) is 0 Å². The first-order valence-corrected chi connectivity index (χ1v) is 5.65. The van der Waals surface area contributed by atoms with Gasteiger partial charge in [0, 0.05) is 13.7 Å². The Balaban J connectivity index is 2.66. The van der Waals surface area contributed by atoms with Crippen molar-refractivity contribution >= 4 is 5.97 Å². The van der Waals surface area contributed by atoms with Gasteiger partial charge in [-0.05, 0) is 25.7 Å². The predicted octanol–water partition coefficient (Wildman–Crippen LogP) is 1.26. The summed E-state index contributed by atoms with van der Waals surface area (Å²) < 4.78 is 10.2. The predicted molar refractivity (Wildman–Crippen MR) is 62.2 cm³/mol. The topological polar surface area (TPSA) is 47.6 Å². The van der Waals surface area contributed by atoms with Crippen LogP contribution in [-0.4, -0.2) is 38.4 Å². The molecule has 0 unspecified atom stereocenters.